The minimum atomic E-state index is -0.972. The van der Waals surface area contributed by atoms with Gasteiger partial charge in [-0.15, -0.1) is 0 Å². The summed E-state index contributed by atoms with van der Waals surface area (Å²) in [6.45, 7) is 7.58. The lowest BCUT2D eigenvalue weighted by atomic mass is 10.3. The summed E-state index contributed by atoms with van der Waals surface area (Å²) >= 11 is 0. The van der Waals surface area contributed by atoms with Crippen molar-refractivity contribution < 1.29 is 9.90 Å². The van der Waals surface area contributed by atoms with Gasteiger partial charge in [0.15, 0.2) is 0 Å². The van der Waals surface area contributed by atoms with Gasteiger partial charge in [0.2, 0.25) is 0 Å². The average Bonchev–Trinajstić information content (AvgIpc) is 2.43. The Morgan fingerprint density at radius 3 is 2.43 bits per heavy atom. The highest BCUT2D eigenvalue weighted by molar-refractivity contribution is 5.86. The van der Waals surface area contributed by atoms with E-state index in [1.165, 1.54) is 0 Å². The molecule has 0 aromatic carbocycles. The third kappa shape index (κ3) is 2.16. The van der Waals surface area contributed by atoms with Crippen molar-refractivity contribution in [1.29, 1.82) is 0 Å². The monoisotopic (exact) mass is 194 g/mol. The van der Waals surface area contributed by atoms with Crippen molar-refractivity contribution in [2.24, 2.45) is 0 Å². The van der Waals surface area contributed by atoms with E-state index in [1.807, 2.05) is 30.7 Å². The zero-order valence-corrected chi connectivity index (χ0v) is 8.37. The zero-order valence-electron chi connectivity index (χ0n) is 8.37. The first-order chi connectivity index (χ1) is 6.52. The number of carboxylic acids is 1. The molecule has 0 aliphatic carbocycles. The Labute approximate surface area is 82.8 Å². The third-order valence-electron chi connectivity index (χ3n) is 2.02. The number of hydrogen-bond acceptors (Lipinski definition) is 2. The molecule has 0 spiro atoms. The Hall–Kier alpha value is -1.71. The van der Waals surface area contributed by atoms with Crippen LogP contribution in [-0.4, -0.2) is 22.3 Å². The Bertz CT molecular complexity index is 347. The summed E-state index contributed by atoms with van der Waals surface area (Å²) in [5, 5.41) is 8.60. The lowest BCUT2D eigenvalue weighted by Gasteiger charge is -2.12. The fourth-order valence-corrected chi connectivity index (χ4v) is 1.17. The van der Waals surface area contributed by atoms with E-state index in [1.54, 1.807) is 0 Å². The molecule has 0 aliphatic heterocycles. The summed E-state index contributed by atoms with van der Waals surface area (Å²) in [6.07, 6.45) is 0. The molecule has 4 nitrogen and oxygen atoms in total. The highest BCUT2D eigenvalue weighted by Crippen LogP contribution is 2.04. The Morgan fingerprint density at radius 1 is 1.50 bits per heavy atom. The molecule has 14 heavy (non-hydrogen) atoms. The molecule has 4 heteroatoms. The van der Waals surface area contributed by atoms with Crippen molar-refractivity contribution in [3.63, 3.8) is 0 Å². The van der Waals surface area contributed by atoms with Gasteiger partial charge < -0.3 is 10.5 Å². The normalized spacial score (nSPS) is 9.86. The van der Waals surface area contributed by atoms with Crippen LogP contribution in [0.15, 0.2) is 24.3 Å². The standard InChI is InChI=1S/C10H14N2O2/c1-7(10(13)14)6-11-12-8(2)4-5-9(12)3/h4-5,11H,1,6H2,2-3H3,(H,13,14). The zero-order chi connectivity index (χ0) is 10.7. The summed E-state index contributed by atoms with van der Waals surface area (Å²) in [5.41, 5.74) is 5.21. The number of aliphatic carboxylic acids is 1. The van der Waals surface area contributed by atoms with Crippen LogP contribution in [0.3, 0.4) is 0 Å². The van der Waals surface area contributed by atoms with E-state index < -0.39 is 5.97 Å². The van der Waals surface area contributed by atoms with Gasteiger partial charge in [0.1, 0.15) is 0 Å². The molecule has 1 aromatic heterocycles. The van der Waals surface area contributed by atoms with Crippen molar-refractivity contribution in [3.05, 3.63) is 35.7 Å². The van der Waals surface area contributed by atoms with E-state index in [-0.39, 0.29) is 12.1 Å². The highest BCUT2D eigenvalue weighted by Gasteiger charge is 2.04. The van der Waals surface area contributed by atoms with Gasteiger partial charge in [-0.2, -0.15) is 0 Å². The van der Waals surface area contributed by atoms with Crippen LogP contribution in [0.25, 0.3) is 0 Å². The van der Waals surface area contributed by atoms with E-state index in [4.69, 9.17) is 5.11 Å². The number of hydrogen-bond donors (Lipinski definition) is 2. The molecule has 0 amide bonds. The summed E-state index contributed by atoms with van der Waals surface area (Å²) < 4.78 is 1.84. The van der Waals surface area contributed by atoms with Crippen molar-refractivity contribution in [2.45, 2.75) is 13.8 Å². The van der Waals surface area contributed by atoms with Gasteiger partial charge in [0, 0.05) is 11.4 Å². The van der Waals surface area contributed by atoms with Crippen LogP contribution in [0.1, 0.15) is 11.4 Å². The van der Waals surface area contributed by atoms with Crippen LogP contribution in [0.5, 0.6) is 0 Å². The van der Waals surface area contributed by atoms with E-state index in [9.17, 15) is 4.79 Å². The minimum absolute atomic E-state index is 0.150. The van der Waals surface area contributed by atoms with Gasteiger partial charge in [0.25, 0.3) is 0 Å². The lowest BCUT2D eigenvalue weighted by Crippen LogP contribution is -2.22. The molecule has 1 rings (SSSR count). The summed E-state index contributed by atoms with van der Waals surface area (Å²) in [5.74, 6) is -0.972. The molecule has 0 aliphatic rings. The molecule has 1 heterocycles. The largest absolute Gasteiger partial charge is 0.478 e. The molecule has 76 valence electrons. The Balaban J connectivity index is 2.62. The van der Waals surface area contributed by atoms with Gasteiger partial charge in [-0.25, -0.2) is 4.79 Å². The van der Waals surface area contributed by atoms with Crippen LogP contribution in [0.2, 0.25) is 0 Å². The van der Waals surface area contributed by atoms with E-state index in [2.05, 4.69) is 12.0 Å². The van der Waals surface area contributed by atoms with Crippen LogP contribution >= 0.6 is 0 Å². The average molecular weight is 194 g/mol. The second-order valence-corrected chi connectivity index (χ2v) is 3.20. The number of rotatable bonds is 4. The maximum absolute atomic E-state index is 10.5. The molecule has 0 bridgehead atoms. The van der Waals surface area contributed by atoms with Crippen LogP contribution in [0, 0.1) is 13.8 Å². The van der Waals surface area contributed by atoms with Crippen molar-refractivity contribution in [2.75, 3.05) is 12.0 Å². The van der Waals surface area contributed by atoms with Crippen LogP contribution < -0.4 is 5.43 Å². The summed E-state index contributed by atoms with van der Waals surface area (Å²) in [7, 11) is 0. The van der Waals surface area contributed by atoms with Gasteiger partial charge in [-0.05, 0) is 26.0 Å². The second-order valence-electron chi connectivity index (χ2n) is 3.20. The highest BCUT2D eigenvalue weighted by atomic mass is 16.4. The van der Waals surface area contributed by atoms with E-state index in [0.717, 1.165) is 11.4 Å². The summed E-state index contributed by atoms with van der Waals surface area (Å²) in [6, 6.07) is 3.93. The molecule has 2 N–H and O–H groups in total. The quantitative estimate of drug-likeness (QED) is 0.710. The molecular weight excluding hydrogens is 180 g/mol. The van der Waals surface area contributed by atoms with Gasteiger partial charge >= 0.3 is 5.97 Å². The third-order valence-corrected chi connectivity index (χ3v) is 2.02. The smallest absolute Gasteiger partial charge is 0.332 e. The second kappa shape index (κ2) is 4.00. The van der Waals surface area contributed by atoms with Crippen molar-refractivity contribution in [1.82, 2.24) is 4.68 Å². The fourth-order valence-electron chi connectivity index (χ4n) is 1.17. The SMILES string of the molecule is C=C(CNn1c(C)ccc1C)C(=O)O. The first-order valence-corrected chi connectivity index (χ1v) is 4.32. The van der Waals surface area contributed by atoms with Gasteiger partial charge in [-0.3, -0.25) is 4.68 Å². The molecule has 0 saturated heterocycles. The molecule has 0 radical (unpaired) electrons. The van der Waals surface area contributed by atoms with E-state index in [0.29, 0.717) is 0 Å². The molecule has 0 saturated carbocycles. The van der Waals surface area contributed by atoms with Crippen LogP contribution in [-0.2, 0) is 4.79 Å². The number of carboxylic acid groups (broad SMARTS) is 1. The molecular formula is C10H14N2O2. The number of nitrogens with zero attached hydrogens (tertiary/aromatic N) is 1. The molecule has 1 aromatic rings. The van der Waals surface area contributed by atoms with Crippen LogP contribution in [0.4, 0.5) is 0 Å². The predicted molar refractivity (Wildman–Crippen MR) is 54.9 cm³/mol. The predicted octanol–water partition coefficient (Wildman–Crippen LogP) is 1.29. The number of aryl methyl sites for hydroxylation is 2. The number of carbonyl (C=O) groups is 1. The lowest BCUT2D eigenvalue weighted by molar-refractivity contribution is -0.132. The topological polar surface area (TPSA) is 54.3 Å². The fraction of sp³-hybridized carbons (Fsp3) is 0.300. The maximum Gasteiger partial charge on any atom is 0.332 e. The molecule has 0 fully saturated rings. The number of aromatic nitrogens is 1. The summed E-state index contributed by atoms with van der Waals surface area (Å²) in [4.78, 5) is 10.5. The first-order valence-electron chi connectivity index (χ1n) is 4.32. The van der Waals surface area contributed by atoms with Crippen molar-refractivity contribution >= 4 is 5.97 Å². The van der Waals surface area contributed by atoms with E-state index >= 15 is 0 Å². The van der Waals surface area contributed by atoms with Crippen molar-refractivity contribution in [3.8, 4) is 0 Å². The van der Waals surface area contributed by atoms with Gasteiger partial charge in [0.05, 0.1) is 12.1 Å². The first kappa shape index (κ1) is 10.4. The molecule has 0 atom stereocenters. The number of nitrogens with one attached hydrogen (secondary N) is 1. The Kier molecular flexibility index (Phi) is 2.96. The molecule has 0 unspecified atom stereocenters. The maximum atomic E-state index is 10.5. The minimum Gasteiger partial charge on any atom is -0.478 e. The van der Waals surface area contributed by atoms with Gasteiger partial charge in [-0.1, -0.05) is 6.58 Å². The Morgan fingerprint density at radius 2 is 2.00 bits per heavy atom.